The molecule has 0 saturated carbocycles. The molecule has 0 aromatic carbocycles. The monoisotopic (exact) mass is 223 g/mol. The number of ether oxygens (including phenoxy) is 2. The molecular weight excluding hydrogens is 214 g/mol. The maximum Gasteiger partial charge on any atom is 0.360 e. The molecule has 1 aliphatic rings. The molecule has 2 heterocycles. The summed E-state index contributed by atoms with van der Waals surface area (Å²) in [6.07, 6.45) is 1.33. The smallest absolute Gasteiger partial charge is 0.360 e. The summed E-state index contributed by atoms with van der Waals surface area (Å²) in [7, 11) is 1.25. The van der Waals surface area contributed by atoms with E-state index < -0.39 is 11.9 Å². The minimum Gasteiger partial charge on any atom is -0.464 e. The molecule has 7 nitrogen and oxygen atoms in total. The molecule has 2 rings (SSSR count). The van der Waals surface area contributed by atoms with Crippen molar-refractivity contribution in [2.24, 2.45) is 0 Å². The number of hydrogen-bond acceptors (Lipinski definition) is 6. The van der Waals surface area contributed by atoms with Crippen LogP contribution >= 0.6 is 0 Å². The second kappa shape index (κ2) is 3.76. The van der Waals surface area contributed by atoms with Crippen molar-refractivity contribution in [3.63, 3.8) is 0 Å². The van der Waals surface area contributed by atoms with Gasteiger partial charge in [0.05, 0.1) is 13.3 Å². The van der Waals surface area contributed by atoms with Crippen molar-refractivity contribution >= 4 is 17.6 Å². The molecule has 0 saturated heterocycles. The molecule has 16 heavy (non-hydrogen) atoms. The Morgan fingerprint density at radius 2 is 2.38 bits per heavy atom. The van der Waals surface area contributed by atoms with E-state index in [2.05, 4.69) is 15.0 Å². The third kappa shape index (κ3) is 1.56. The molecule has 1 aliphatic heterocycles. The van der Waals surface area contributed by atoms with Crippen molar-refractivity contribution in [2.75, 3.05) is 13.7 Å². The Balaban J connectivity index is 2.36. The molecule has 0 atom stereocenters. The van der Waals surface area contributed by atoms with Crippen molar-refractivity contribution in [1.29, 1.82) is 0 Å². The van der Waals surface area contributed by atoms with Crippen LogP contribution in [0.2, 0.25) is 0 Å². The van der Waals surface area contributed by atoms with Crippen LogP contribution in [0.1, 0.15) is 17.4 Å². The van der Waals surface area contributed by atoms with Gasteiger partial charge in [0.2, 0.25) is 0 Å². The minimum atomic E-state index is -0.601. The summed E-state index contributed by atoms with van der Waals surface area (Å²) in [6, 6.07) is 0. The molecule has 7 heteroatoms. The average Bonchev–Trinajstić information content (AvgIpc) is 2.85. The van der Waals surface area contributed by atoms with Crippen molar-refractivity contribution in [3.8, 4) is 0 Å². The van der Waals surface area contributed by atoms with Crippen molar-refractivity contribution in [1.82, 2.24) is 15.0 Å². The van der Waals surface area contributed by atoms with Crippen LogP contribution in [0.5, 0.6) is 0 Å². The Hall–Kier alpha value is -2.18. The van der Waals surface area contributed by atoms with Gasteiger partial charge in [0.25, 0.3) is 0 Å². The highest BCUT2D eigenvalue weighted by atomic mass is 16.5. The first-order valence-electron chi connectivity index (χ1n) is 4.51. The molecule has 1 aromatic rings. The van der Waals surface area contributed by atoms with E-state index in [1.54, 1.807) is 6.92 Å². The second-order valence-electron chi connectivity index (χ2n) is 3.25. The fourth-order valence-electron chi connectivity index (χ4n) is 1.35. The Bertz CT molecular complexity index is 489. The van der Waals surface area contributed by atoms with E-state index >= 15 is 0 Å². The lowest BCUT2D eigenvalue weighted by molar-refractivity contribution is -0.134. The summed E-state index contributed by atoms with van der Waals surface area (Å²) in [5.74, 6) is -1.07. The van der Waals surface area contributed by atoms with Gasteiger partial charge < -0.3 is 9.47 Å². The predicted octanol–water partition coefficient (Wildman–Crippen LogP) is -0.148. The highest BCUT2D eigenvalue weighted by molar-refractivity contribution is 6.12. The molecular formula is C9H9N3O4. The Morgan fingerprint density at radius 3 is 2.94 bits per heavy atom. The molecule has 0 amide bonds. The van der Waals surface area contributed by atoms with Gasteiger partial charge in [0.1, 0.15) is 6.61 Å². The van der Waals surface area contributed by atoms with Gasteiger partial charge >= 0.3 is 11.9 Å². The van der Waals surface area contributed by atoms with Gasteiger partial charge in [-0.3, -0.25) is 0 Å². The van der Waals surface area contributed by atoms with E-state index in [9.17, 15) is 9.59 Å². The van der Waals surface area contributed by atoms with E-state index in [0.29, 0.717) is 5.70 Å². The standard InChI is InChI=1S/C9H9N3O4/c1-5-4-16-9(14)7(5)12-3-6(10-11-12)8(13)15-2/h3H,4H2,1-2H3. The summed E-state index contributed by atoms with van der Waals surface area (Å²) >= 11 is 0. The lowest BCUT2D eigenvalue weighted by Crippen LogP contribution is -2.07. The Kier molecular flexibility index (Phi) is 2.43. The normalized spacial score (nSPS) is 15.2. The third-order valence-corrected chi connectivity index (χ3v) is 2.13. The molecule has 1 aromatic heterocycles. The highest BCUT2D eigenvalue weighted by Crippen LogP contribution is 2.19. The molecule has 84 valence electrons. The number of esters is 2. The van der Waals surface area contributed by atoms with E-state index in [1.807, 2.05) is 0 Å². The van der Waals surface area contributed by atoms with Crippen LogP contribution in [0.4, 0.5) is 0 Å². The van der Waals surface area contributed by atoms with Gasteiger partial charge in [-0.2, -0.15) is 0 Å². The van der Waals surface area contributed by atoms with Crippen LogP contribution in [-0.2, 0) is 14.3 Å². The zero-order valence-corrected chi connectivity index (χ0v) is 8.76. The number of hydrogen-bond donors (Lipinski definition) is 0. The number of carbonyl (C=O) groups excluding carboxylic acids is 2. The molecule has 0 spiro atoms. The third-order valence-electron chi connectivity index (χ3n) is 2.13. The molecule has 0 aliphatic carbocycles. The van der Waals surface area contributed by atoms with Crippen LogP contribution in [0.3, 0.4) is 0 Å². The first-order valence-corrected chi connectivity index (χ1v) is 4.51. The number of rotatable bonds is 2. The second-order valence-corrected chi connectivity index (χ2v) is 3.25. The quantitative estimate of drug-likeness (QED) is 0.648. The lowest BCUT2D eigenvalue weighted by Gasteiger charge is -1.97. The van der Waals surface area contributed by atoms with E-state index in [-0.39, 0.29) is 12.3 Å². The van der Waals surface area contributed by atoms with Crippen LogP contribution in [0, 0.1) is 0 Å². The minimum absolute atomic E-state index is 0.0440. The fraction of sp³-hybridized carbons (Fsp3) is 0.333. The summed E-state index contributed by atoms with van der Waals surface area (Å²) in [5.41, 5.74) is 1.08. The van der Waals surface area contributed by atoms with E-state index in [0.717, 1.165) is 5.57 Å². The first kappa shape index (κ1) is 10.3. The van der Waals surface area contributed by atoms with E-state index in [1.165, 1.54) is 18.0 Å². The van der Waals surface area contributed by atoms with Gasteiger partial charge in [0.15, 0.2) is 11.4 Å². The summed E-state index contributed by atoms with van der Waals surface area (Å²) in [5, 5.41) is 7.27. The van der Waals surface area contributed by atoms with E-state index in [4.69, 9.17) is 4.74 Å². The lowest BCUT2D eigenvalue weighted by atomic mass is 10.3. The van der Waals surface area contributed by atoms with Crippen molar-refractivity contribution in [2.45, 2.75) is 6.92 Å². The average molecular weight is 223 g/mol. The van der Waals surface area contributed by atoms with Gasteiger partial charge in [-0.1, -0.05) is 5.21 Å². The fourth-order valence-corrected chi connectivity index (χ4v) is 1.35. The Morgan fingerprint density at radius 1 is 1.62 bits per heavy atom. The van der Waals surface area contributed by atoms with Crippen molar-refractivity contribution in [3.05, 3.63) is 17.5 Å². The van der Waals surface area contributed by atoms with Gasteiger partial charge in [0, 0.05) is 0 Å². The number of methoxy groups -OCH3 is 1. The predicted molar refractivity (Wildman–Crippen MR) is 51.2 cm³/mol. The molecule has 0 radical (unpaired) electrons. The topological polar surface area (TPSA) is 83.3 Å². The summed E-state index contributed by atoms with van der Waals surface area (Å²) in [4.78, 5) is 22.5. The van der Waals surface area contributed by atoms with Crippen LogP contribution in [0.25, 0.3) is 5.70 Å². The van der Waals surface area contributed by atoms with Gasteiger partial charge in [-0.15, -0.1) is 5.10 Å². The first-order chi connectivity index (χ1) is 7.63. The molecule has 0 bridgehead atoms. The molecule has 0 N–H and O–H groups in total. The SMILES string of the molecule is COC(=O)c1cn(C2=C(C)COC2=O)nn1. The summed E-state index contributed by atoms with van der Waals surface area (Å²) < 4.78 is 10.5. The van der Waals surface area contributed by atoms with Gasteiger partial charge in [-0.25, -0.2) is 14.3 Å². The number of nitrogens with zero attached hydrogens (tertiary/aromatic N) is 3. The Labute approximate surface area is 90.6 Å². The molecule has 0 fully saturated rings. The van der Waals surface area contributed by atoms with Crippen LogP contribution < -0.4 is 0 Å². The zero-order chi connectivity index (χ0) is 11.7. The largest absolute Gasteiger partial charge is 0.464 e. The number of carbonyl (C=O) groups is 2. The highest BCUT2D eigenvalue weighted by Gasteiger charge is 2.25. The maximum absolute atomic E-state index is 11.3. The van der Waals surface area contributed by atoms with Gasteiger partial charge in [-0.05, 0) is 12.5 Å². The zero-order valence-electron chi connectivity index (χ0n) is 8.76. The van der Waals surface area contributed by atoms with Crippen LogP contribution in [0.15, 0.2) is 11.8 Å². The molecule has 0 unspecified atom stereocenters. The number of cyclic esters (lactones) is 1. The maximum atomic E-state index is 11.3. The summed E-state index contributed by atoms with van der Waals surface area (Å²) in [6.45, 7) is 1.99. The van der Waals surface area contributed by atoms with Crippen molar-refractivity contribution < 1.29 is 19.1 Å². The number of aromatic nitrogens is 3. The van der Waals surface area contributed by atoms with Crippen LogP contribution in [-0.4, -0.2) is 40.6 Å².